The minimum atomic E-state index is -0.314. The summed E-state index contributed by atoms with van der Waals surface area (Å²) in [6, 6.07) is 20.3. The number of pyridine rings is 1. The number of carbonyl (C=O) groups is 1. The zero-order valence-corrected chi connectivity index (χ0v) is 18.6. The molecule has 1 aliphatic rings. The highest BCUT2D eigenvalue weighted by atomic mass is 19.1. The van der Waals surface area contributed by atoms with Crippen LogP contribution in [0.1, 0.15) is 30.1 Å². The number of ether oxygens (including phenoxy) is 1. The number of rotatable bonds is 5. The van der Waals surface area contributed by atoms with E-state index in [0.29, 0.717) is 12.1 Å². The van der Waals surface area contributed by atoms with Crippen molar-refractivity contribution in [2.24, 2.45) is 0 Å². The van der Waals surface area contributed by atoms with Gasteiger partial charge in [0.05, 0.1) is 24.7 Å². The summed E-state index contributed by atoms with van der Waals surface area (Å²) in [6.07, 6.45) is 4.13. The Labute approximate surface area is 192 Å². The van der Waals surface area contributed by atoms with Crippen molar-refractivity contribution in [1.82, 2.24) is 14.3 Å². The first kappa shape index (κ1) is 21.2. The zero-order chi connectivity index (χ0) is 22.8. The lowest BCUT2D eigenvalue weighted by Gasteiger charge is -2.32. The zero-order valence-electron chi connectivity index (χ0n) is 18.6. The molecule has 6 heteroatoms. The predicted molar refractivity (Wildman–Crippen MR) is 126 cm³/mol. The Morgan fingerprint density at radius 2 is 2.00 bits per heavy atom. The van der Waals surface area contributed by atoms with Crippen molar-refractivity contribution in [2.45, 2.75) is 25.2 Å². The Kier molecular flexibility index (Phi) is 5.82. The van der Waals surface area contributed by atoms with Crippen LogP contribution in [0.3, 0.4) is 0 Å². The largest absolute Gasteiger partial charge is 0.497 e. The lowest BCUT2D eigenvalue weighted by molar-refractivity contribution is -0.131. The van der Waals surface area contributed by atoms with E-state index in [9.17, 15) is 9.18 Å². The molecular weight excluding hydrogens is 417 g/mol. The number of hydrogen-bond acceptors (Lipinski definition) is 3. The van der Waals surface area contributed by atoms with Crippen molar-refractivity contribution in [3.8, 4) is 17.0 Å². The van der Waals surface area contributed by atoms with Crippen molar-refractivity contribution in [3.05, 3.63) is 90.1 Å². The van der Waals surface area contributed by atoms with E-state index in [0.717, 1.165) is 47.7 Å². The van der Waals surface area contributed by atoms with Gasteiger partial charge in [0.15, 0.2) is 0 Å². The monoisotopic (exact) mass is 443 g/mol. The highest BCUT2D eigenvalue weighted by Crippen LogP contribution is 2.33. The molecule has 1 aliphatic heterocycles. The van der Waals surface area contributed by atoms with Crippen molar-refractivity contribution in [2.75, 3.05) is 20.2 Å². The number of imidazole rings is 1. The first-order chi connectivity index (χ1) is 16.1. The molecule has 4 aromatic rings. The summed E-state index contributed by atoms with van der Waals surface area (Å²) in [5.74, 6) is 1.60. The van der Waals surface area contributed by atoms with Crippen molar-refractivity contribution >= 4 is 11.4 Å². The topological polar surface area (TPSA) is 46.8 Å². The molecule has 3 heterocycles. The number of nitrogens with zero attached hydrogens (tertiary/aromatic N) is 3. The normalized spacial score (nSPS) is 16.2. The van der Waals surface area contributed by atoms with Gasteiger partial charge in [0.2, 0.25) is 5.91 Å². The van der Waals surface area contributed by atoms with Crippen LogP contribution in [-0.4, -0.2) is 40.4 Å². The van der Waals surface area contributed by atoms with E-state index in [1.165, 1.54) is 12.1 Å². The Bertz CT molecular complexity index is 1300. The molecule has 5 nitrogen and oxygen atoms in total. The Balaban J connectivity index is 1.43. The number of benzene rings is 2. The second kappa shape index (κ2) is 9.06. The Hall–Kier alpha value is -3.67. The summed E-state index contributed by atoms with van der Waals surface area (Å²) in [5.41, 5.74) is 3.64. The number of methoxy groups -OCH3 is 1. The van der Waals surface area contributed by atoms with Gasteiger partial charge >= 0.3 is 0 Å². The maximum absolute atomic E-state index is 13.5. The van der Waals surface area contributed by atoms with Gasteiger partial charge in [-0.3, -0.25) is 4.79 Å². The maximum atomic E-state index is 13.5. The number of carbonyl (C=O) groups excluding carboxylic acids is 1. The van der Waals surface area contributed by atoms with Gasteiger partial charge in [-0.05, 0) is 54.8 Å². The van der Waals surface area contributed by atoms with Crippen LogP contribution in [0.15, 0.2) is 72.9 Å². The number of fused-ring (bicyclic) bond motifs is 1. The smallest absolute Gasteiger partial charge is 0.227 e. The molecule has 0 spiro atoms. The molecule has 0 radical (unpaired) electrons. The fourth-order valence-corrected chi connectivity index (χ4v) is 4.68. The van der Waals surface area contributed by atoms with E-state index in [-0.39, 0.29) is 24.1 Å². The molecule has 2 aromatic heterocycles. The van der Waals surface area contributed by atoms with Crippen LogP contribution in [-0.2, 0) is 11.2 Å². The third-order valence-corrected chi connectivity index (χ3v) is 6.30. The van der Waals surface area contributed by atoms with Crippen LogP contribution >= 0.6 is 0 Å². The van der Waals surface area contributed by atoms with E-state index in [2.05, 4.69) is 10.5 Å². The summed E-state index contributed by atoms with van der Waals surface area (Å²) < 4.78 is 21.1. The van der Waals surface area contributed by atoms with E-state index in [1.54, 1.807) is 19.2 Å². The highest BCUT2D eigenvalue weighted by Gasteiger charge is 2.28. The lowest BCUT2D eigenvalue weighted by Crippen LogP contribution is -2.40. The average Bonchev–Trinajstić information content (AvgIpc) is 3.24. The number of halogens is 1. The lowest BCUT2D eigenvalue weighted by atomic mass is 9.96. The highest BCUT2D eigenvalue weighted by molar-refractivity contribution is 5.80. The molecule has 0 unspecified atom stereocenters. The van der Waals surface area contributed by atoms with Crippen LogP contribution in [0.25, 0.3) is 16.8 Å². The fourth-order valence-electron chi connectivity index (χ4n) is 4.68. The SMILES string of the molecule is COc1cccc(-c2nc([C@H]3CCCN(C(=O)Cc4cccc(F)c4)C3)n3ccccc23)c1. The Morgan fingerprint density at radius 3 is 2.85 bits per heavy atom. The molecular formula is C27H26FN3O2. The number of amides is 1. The first-order valence-electron chi connectivity index (χ1n) is 11.3. The Morgan fingerprint density at radius 1 is 1.12 bits per heavy atom. The van der Waals surface area contributed by atoms with Crippen LogP contribution in [0.2, 0.25) is 0 Å². The van der Waals surface area contributed by atoms with Crippen LogP contribution < -0.4 is 4.74 Å². The molecule has 0 N–H and O–H groups in total. The predicted octanol–water partition coefficient (Wildman–Crippen LogP) is 5.10. The average molecular weight is 444 g/mol. The van der Waals surface area contributed by atoms with E-state index in [4.69, 9.17) is 9.72 Å². The van der Waals surface area contributed by atoms with Gasteiger partial charge in [0.1, 0.15) is 17.4 Å². The summed E-state index contributed by atoms with van der Waals surface area (Å²) in [6.45, 7) is 1.33. The molecule has 0 aliphatic carbocycles. The van der Waals surface area contributed by atoms with Crippen LogP contribution in [0.5, 0.6) is 5.75 Å². The van der Waals surface area contributed by atoms with Gasteiger partial charge < -0.3 is 14.0 Å². The van der Waals surface area contributed by atoms with Gasteiger partial charge in [-0.15, -0.1) is 0 Å². The second-order valence-corrected chi connectivity index (χ2v) is 8.49. The van der Waals surface area contributed by atoms with E-state index >= 15 is 0 Å². The van der Waals surface area contributed by atoms with Gasteiger partial charge in [-0.2, -0.15) is 0 Å². The molecule has 1 saturated heterocycles. The molecule has 33 heavy (non-hydrogen) atoms. The third kappa shape index (κ3) is 4.33. The minimum absolute atomic E-state index is 0.0270. The summed E-state index contributed by atoms with van der Waals surface area (Å²) in [7, 11) is 1.66. The van der Waals surface area contributed by atoms with Crippen molar-refractivity contribution < 1.29 is 13.9 Å². The van der Waals surface area contributed by atoms with Crippen LogP contribution in [0.4, 0.5) is 4.39 Å². The van der Waals surface area contributed by atoms with Gasteiger partial charge in [0, 0.05) is 30.8 Å². The summed E-state index contributed by atoms with van der Waals surface area (Å²) in [5, 5.41) is 0. The molecule has 0 bridgehead atoms. The number of piperidine rings is 1. The van der Waals surface area contributed by atoms with Gasteiger partial charge in [-0.25, -0.2) is 9.37 Å². The molecule has 1 fully saturated rings. The fraction of sp³-hybridized carbons (Fsp3) is 0.259. The van der Waals surface area contributed by atoms with Gasteiger partial charge in [0.25, 0.3) is 0 Å². The minimum Gasteiger partial charge on any atom is -0.497 e. The molecule has 5 rings (SSSR count). The van der Waals surface area contributed by atoms with Crippen molar-refractivity contribution in [1.29, 1.82) is 0 Å². The van der Waals surface area contributed by atoms with E-state index in [1.807, 2.05) is 47.5 Å². The van der Waals surface area contributed by atoms with Crippen molar-refractivity contribution in [3.63, 3.8) is 0 Å². The van der Waals surface area contributed by atoms with Gasteiger partial charge in [-0.1, -0.05) is 30.3 Å². The number of aromatic nitrogens is 2. The standard InChI is InChI=1S/C27H26FN3O2/c1-33-23-11-5-8-20(17-23)26-24-12-2-3-14-31(24)27(29-26)21-9-6-13-30(18-21)25(32)16-19-7-4-10-22(28)15-19/h2-5,7-8,10-12,14-15,17,21H,6,9,13,16,18H2,1H3/t21-/m0/s1. The second-order valence-electron chi connectivity index (χ2n) is 8.49. The summed E-state index contributed by atoms with van der Waals surface area (Å²) >= 11 is 0. The molecule has 1 atom stereocenters. The number of hydrogen-bond donors (Lipinski definition) is 0. The molecule has 1 amide bonds. The van der Waals surface area contributed by atoms with E-state index < -0.39 is 0 Å². The third-order valence-electron chi connectivity index (χ3n) is 6.30. The molecule has 0 saturated carbocycles. The summed E-state index contributed by atoms with van der Waals surface area (Å²) in [4.78, 5) is 19.9. The van der Waals surface area contributed by atoms with Crippen LogP contribution in [0, 0.1) is 5.82 Å². The quantitative estimate of drug-likeness (QED) is 0.431. The number of likely N-dealkylation sites (tertiary alicyclic amines) is 1. The first-order valence-corrected chi connectivity index (χ1v) is 11.3. The molecule has 2 aromatic carbocycles. The molecule has 168 valence electrons. The maximum Gasteiger partial charge on any atom is 0.227 e.